The minimum atomic E-state index is -4.13. The Morgan fingerprint density at radius 3 is 2.63 bits per heavy atom. The third kappa shape index (κ3) is 6.41. The average molecular weight is 616 g/mol. The number of hydrogen-bond acceptors (Lipinski definition) is 11. The molecule has 0 radical (unpaired) electrons. The summed E-state index contributed by atoms with van der Waals surface area (Å²) in [7, 11) is -4.13. The maximum absolute atomic E-state index is 14.5. The number of rotatable bonds is 11. The predicted octanol–water partition coefficient (Wildman–Crippen LogP) is 3.17. The van der Waals surface area contributed by atoms with Crippen molar-refractivity contribution in [1.82, 2.24) is 19.5 Å². The zero-order chi connectivity index (χ0) is 30.1. The fourth-order valence-electron chi connectivity index (χ4n) is 4.49. The number of nitrogen functional groups attached to an aromatic ring is 1. The van der Waals surface area contributed by atoms with Gasteiger partial charge in [-0.25, -0.2) is 13.9 Å². The minimum Gasteiger partial charge on any atom is -0.463 e. The van der Waals surface area contributed by atoms with Crippen LogP contribution in [-0.2, 0) is 23.4 Å². The summed E-state index contributed by atoms with van der Waals surface area (Å²) in [6.45, 7) is 5.07. The van der Waals surface area contributed by atoms with E-state index in [4.69, 9.17) is 35.9 Å². The molecule has 1 fully saturated rings. The van der Waals surface area contributed by atoms with Crippen LogP contribution in [0.1, 0.15) is 33.9 Å². The molecule has 13 nitrogen and oxygen atoms in total. The van der Waals surface area contributed by atoms with E-state index in [2.05, 4.69) is 15.0 Å². The van der Waals surface area contributed by atoms with Crippen molar-refractivity contribution in [2.24, 2.45) is 5.92 Å². The second kappa shape index (κ2) is 12.1. The molecule has 1 aromatic carbocycles. The first-order valence-electron chi connectivity index (χ1n) is 12.8. The molecule has 1 aliphatic heterocycles. The zero-order valence-corrected chi connectivity index (χ0v) is 24.4. The van der Waals surface area contributed by atoms with Gasteiger partial charge in [0.2, 0.25) is 5.95 Å². The SMILES string of the molecule is CC(C)OC(=O)[C@H](C)CP(=O)(Oc1ccccc1)O[C@H](C)[C@H]1O[C@@H](n2cnc3c(=O)[nH]c(N)nc32)C(Cl)(CF)[C@H]1O. The Kier molecular flexibility index (Phi) is 9.10. The number of alkyl halides is 2. The fraction of sp³-hybridized carbons (Fsp3) is 0.520. The van der Waals surface area contributed by atoms with Crippen LogP contribution in [0.5, 0.6) is 5.75 Å². The first kappa shape index (κ1) is 30.9. The molecule has 0 saturated carbocycles. The normalized spacial score (nSPS) is 25.6. The lowest BCUT2D eigenvalue weighted by atomic mass is 9.97. The lowest BCUT2D eigenvalue weighted by Crippen LogP contribution is -2.46. The van der Waals surface area contributed by atoms with Crippen molar-refractivity contribution in [2.75, 3.05) is 18.6 Å². The number of nitrogens with two attached hydrogens (primary N) is 1. The standard InChI is InChI=1S/C25H32ClFN5O8P/c1-13(2)37-22(35)14(3)10-41(36,40-16-8-6-5-7-9-16)39-15(4)18-19(33)25(26,11-27)23(38-18)32-12-29-17-20(32)30-24(28)31-21(17)34/h5-9,12-15,18-19,23,33H,10-11H2,1-4H3,(H3,28,30,31,34)/t14-,15-,18-,19+,23-,25?,41?/m1/s1. The summed E-state index contributed by atoms with van der Waals surface area (Å²) in [4.78, 5) is 33.0. The zero-order valence-electron chi connectivity index (χ0n) is 22.8. The van der Waals surface area contributed by atoms with Gasteiger partial charge in [-0.2, -0.15) is 4.98 Å². The van der Waals surface area contributed by atoms with E-state index in [1.54, 1.807) is 44.2 Å². The maximum Gasteiger partial charge on any atom is 0.380 e. The fourth-order valence-corrected chi connectivity index (χ4v) is 6.87. The van der Waals surface area contributed by atoms with Gasteiger partial charge < -0.3 is 24.8 Å². The van der Waals surface area contributed by atoms with Gasteiger partial charge in [0.25, 0.3) is 5.56 Å². The highest BCUT2D eigenvalue weighted by Crippen LogP contribution is 2.54. The van der Waals surface area contributed by atoms with Crippen molar-refractivity contribution in [3.05, 3.63) is 47.0 Å². The number of benzene rings is 1. The number of aromatic amines is 1. The molecule has 2 unspecified atom stereocenters. The van der Waals surface area contributed by atoms with E-state index in [-0.39, 0.29) is 29.0 Å². The van der Waals surface area contributed by atoms with Gasteiger partial charge in [-0.3, -0.25) is 23.7 Å². The number of nitrogens with one attached hydrogen (secondary N) is 1. The number of halogens is 2. The van der Waals surface area contributed by atoms with Gasteiger partial charge in [-0.05, 0) is 32.9 Å². The quantitative estimate of drug-likeness (QED) is 0.164. The van der Waals surface area contributed by atoms with Crippen molar-refractivity contribution in [3.63, 3.8) is 0 Å². The van der Waals surface area contributed by atoms with E-state index in [0.717, 1.165) is 6.33 Å². The second-order valence-corrected chi connectivity index (χ2v) is 12.8. The van der Waals surface area contributed by atoms with Crippen molar-refractivity contribution in [2.45, 2.75) is 63.2 Å². The summed E-state index contributed by atoms with van der Waals surface area (Å²) >= 11 is 6.60. The number of para-hydroxylation sites is 1. The molecule has 41 heavy (non-hydrogen) atoms. The summed E-state index contributed by atoms with van der Waals surface area (Å²) in [5, 5.41) is 11.2. The molecule has 0 spiro atoms. The number of aromatic nitrogens is 4. The van der Waals surface area contributed by atoms with Crippen molar-refractivity contribution in [3.8, 4) is 5.75 Å². The predicted molar refractivity (Wildman–Crippen MR) is 148 cm³/mol. The third-order valence-corrected chi connectivity index (χ3v) is 9.09. The Morgan fingerprint density at radius 2 is 2.00 bits per heavy atom. The molecule has 0 amide bonds. The average Bonchev–Trinajstić information content (AvgIpc) is 3.42. The molecule has 0 aliphatic carbocycles. The lowest BCUT2D eigenvalue weighted by Gasteiger charge is -2.29. The summed E-state index contributed by atoms with van der Waals surface area (Å²) in [5.74, 6) is -1.49. The molecule has 7 atom stereocenters. The number of H-pyrrole nitrogens is 1. The first-order valence-corrected chi connectivity index (χ1v) is 14.9. The van der Waals surface area contributed by atoms with Gasteiger partial charge >= 0.3 is 13.6 Å². The van der Waals surface area contributed by atoms with Gasteiger partial charge in [0, 0.05) is 0 Å². The summed E-state index contributed by atoms with van der Waals surface area (Å²) in [5.41, 5.74) is 4.88. The van der Waals surface area contributed by atoms with Crippen molar-refractivity contribution in [1.29, 1.82) is 0 Å². The molecule has 0 bridgehead atoms. The van der Waals surface area contributed by atoms with Crippen LogP contribution in [0.4, 0.5) is 10.3 Å². The van der Waals surface area contributed by atoms with Crippen LogP contribution in [0.15, 0.2) is 41.5 Å². The first-order chi connectivity index (χ1) is 19.3. The molecular weight excluding hydrogens is 584 g/mol. The number of ether oxygens (including phenoxy) is 2. The Hall–Kier alpha value is -3.03. The summed E-state index contributed by atoms with van der Waals surface area (Å²) in [6.07, 6.45) is -5.25. The van der Waals surface area contributed by atoms with Gasteiger partial charge in [0.05, 0.1) is 30.6 Å². The Labute approximate surface area is 239 Å². The number of hydrogen-bond donors (Lipinski definition) is 3. The molecule has 224 valence electrons. The van der Waals surface area contributed by atoms with Crippen LogP contribution in [0.2, 0.25) is 0 Å². The molecule has 3 heterocycles. The minimum absolute atomic E-state index is 0.0493. The molecule has 4 N–H and O–H groups in total. The highest BCUT2D eigenvalue weighted by Gasteiger charge is 2.59. The molecule has 16 heteroatoms. The second-order valence-electron chi connectivity index (χ2n) is 10.1. The van der Waals surface area contributed by atoms with Crippen molar-refractivity contribution < 1.29 is 37.4 Å². The van der Waals surface area contributed by atoms with E-state index in [9.17, 15) is 23.7 Å². The molecule has 1 aliphatic rings. The third-order valence-electron chi connectivity index (χ3n) is 6.44. The number of fused-ring (bicyclic) bond motifs is 1. The van der Waals surface area contributed by atoms with Gasteiger partial charge in [-0.15, -0.1) is 11.6 Å². The highest BCUT2D eigenvalue weighted by molar-refractivity contribution is 7.54. The molecule has 2 aromatic heterocycles. The van der Waals surface area contributed by atoms with E-state index in [1.807, 2.05) is 0 Å². The van der Waals surface area contributed by atoms with Crippen LogP contribution in [0.25, 0.3) is 11.2 Å². The topological polar surface area (TPSA) is 181 Å². The van der Waals surface area contributed by atoms with E-state index >= 15 is 0 Å². The number of anilines is 1. The van der Waals surface area contributed by atoms with Crippen LogP contribution < -0.4 is 15.8 Å². The molecule has 1 saturated heterocycles. The number of aliphatic hydroxyl groups is 1. The van der Waals surface area contributed by atoms with Gasteiger partial charge in [0.15, 0.2) is 17.4 Å². The number of nitrogens with zero attached hydrogens (tertiary/aromatic N) is 3. The number of esters is 1. The number of carbonyl (C=O) groups is 1. The lowest BCUT2D eigenvalue weighted by molar-refractivity contribution is -0.151. The Bertz CT molecular complexity index is 1490. The van der Waals surface area contributed by atoms with Gasteiger partial charge in [-0.1, -0.05) is 25.1 Å². The Morgan fingerprint density at radius 1 is 1.32 bits per heavy atom. The summed E-state index contributed by atoms with van der Waals surface area (Å²) < 4.78 is 52.6. The number of aliphatic hydroxyl groups excluding tert-OH is 1. The van der Waals surface area contributed by atoms with Crippen LogP contribution in [0, 0.1) is 5.92 Å². The van der Waals surface area contributed by atoms with Crippen LogP contribution in [0.3, 0.4) is 0 Å². The van der Waals surface area contributed by atoms with E-state index in [0.29, 0.717) is 0 Å². The molecule has 3 aromatic rings. The summed E-state index contributed by atoms with van der Waals surface area (Å²) in [6, 6.07) is 8.19. The smallest absolute Gasteiger partial charge is 0.380 e. The van der Waals surface area contributed by atoms with Crippen molar-refractivity contribution >= 4 is 42.3 Å². The highest BCUT2D eigenvalue weighted by atomic mass is 35.5. The Balaban J connectivity index is 1.63. The molecule has 4 rings (SSSR count). The van der Waals surface area contributed by atoms with E-state index in [1.165, 1.54) is 18.4 Å². The maximum atomic E-state index is 14.5. The van der Waals surface area contributed by atoms with Crippen LogP contribution >= 0.6 is 19.2 Å². The number of carbonyl (C=O) groups excluding carboxylic acids is 1. The largest absolute Gasteiger partial charge is 0.463 e. The molecular formula is C25H32ClFN5O8P. The monoisotopic (exact) mass is 615 g/mol. The van der Waals surface area contributed by atoms with Gasteiger partial charge in [0.1, 0.15) is 29.5 Å². The number of imidazole rings is 1. The van der Waals surface area contributed by atoms with E-state index < -0.39 is 67.2 Å². The van der Waals surface area contributed by atoms with Crippen LogP contribution in [-0.4, -0.2) is 72.7 Å².